The molecule has 6 nitrogen and oxygen atoms in total. The van der Waals surface area contributed by atoms with Crippen LogP contribution in [-0.4, -0.2) is 51.6 Å². The number of sulfonamides is 1. The summed E-state index contributed by atoms with van der Waals surface area (Å²) in [5.74, 6) is -0.125. The molecule has 1 aliphatic rings. The van der Waals surface area contributed by atoms with E-state index in [9.17, 15) is 13.2 Å². The smallest absolute Gasteiger partial charge is 0.253 e. The van der Waals surface area contributed by atoms with Gasteiger partial charge in [-0.25, -0.2) is 13.1 Å². The number of rotatable bonds is 9. The number of ether oxygens (including phenoxy) is 1. The van der Waals surface area contributed by atoms with Crippen LogP contribution in [0, 0.1) is 0 Å². The molecule has 0 aliphatic carbocycles. The van der Waals surface area contributed by atoms with Crippen molar-refractivity contribution in [1.82, 2.24) is 9.62 Å². The lowest BCUT2D eigenvalue weighted by Crippen LogP contribution is -2.33. The highest BCUT2D eigenvalue weighted by Gasteiger charge is 2.22. The van der Waals surface area contributed by atoms with E-state index in [0.717, 1.165) is 25.7 Å². The van der Waals surface area contributed by atoms with Gasteiger partial charge in [-0.1, -0.05) is 19.9 Å². The first-order chi connectivity index (χ1) is 12.0. The number of nitrogens with zero attached hydrogens (tertiary/aromatic N) is 1. The first-order valence-corrected chi connectivity index (χ1v) is 10.5. The summed E-state index contributed by atoms with van der Waals surface area (Å²) >= 11 is 0. The first kappa shape index (κ1) is 19.9. The summed E-state index contributed by atoms with van der Waals surface area (Å²) in [5.41, 5.74) is 0.405. The topological polar surface area (TPSA) is 75.7 Å². The zero-order chi connectivity index (χ0) is 18.3. The van der Waals surface area contributed by atoms with Gasteiger partial charge in [0.15, 0.2) is 0 Å². The minimum absolute atomic E-state index is 0.0656. The summed E-state index contributed by atoms with van der Waals surface area (Å²) in [6.07, 6.45) is 3.49. The van der Waals surface area contributed by atoms with Gasteiger partial charge in [-0.15, -0.1) is 0 Å². The van der Waals surface area contributed by atoms with Crippen LogP contribution in [0.3, 0.4) is 0 Å². The Kier molecular flexibility index (Phi) is 7.40. The molecule has 1 saturated heterocycles. The fourth-order valence-corrected chi connectivity index (χ4v) is 4.04. The van der Waals surface area contributed by atoms with Gasteiger partial charge in [0.1, 0.15) is 0 Å². The largest absolute Gasteiger partial charge is 0.377 e. The number of amides is 1. The fourth-order valence-electron chi connectivity index (χ4n) is 2.92. The van der Waals surface area contributed by atoms with E-state index in [2.05, 4.69) is 4.72 Å². The SMILES string of the molecule is CCCN(CCC)C(=O)c1cccc(S(=O)(=O)NCC2CCCO2)c1. The zero-order valence-corrected chi connectivity index (χ0v) is 15.8. The van der Waals surface area contributed by atoms with Gasteiger partial charge in [0.05, 0.1) is 11.0 Å². The van der Waals surface area contributed by atoms with Crippen LogP contribution in [0.5, 0.6) is 0 Å². The second kappa shape index (κ2) is 9.31. The Morgan fingerprint density at radius 3 is 2.60 bits per heavy atom. The number of benzene rings is 1. The molecular formula is C18H28N2O4S. The Morgan fingerprint density at radius 2 is 2.00 bits per heavy atom. The highest BCUT2D eigenvalue weighted by atomic mass is 32.2. The highest BCUT2D eigenvalue weighted by molar-refractivity contribution is 7.89. The number of carbonyl (C=O) groups is 1. The maximum absolute atomic E-state index is 12.7. The van der Waals surface area contributed by atoms with Crippen molar-refractivity contribution in [3.05, 3.63) is 29.8 Å². The van der Waals surface area contributed by atoms with Crippen molar-refractivity contribution in [3.8, 4) is 0 Å². The molecule has 1 N–H and O–H groups in total. The summed E-state index contributed by atoms with van der Waals surface area (Å²) in [5, 5.41) is 0. The van der Waals surface area contributed by atoms with Gasteiger partial charge in [-0.3, -0.25) is 4.79 Å². The van der Waals surface area contributed by atoms with Crippen molar-refractivity contribution in [1.29, 1.82) is 0 Å². The molecule has 0 bridgehead atoms. The lowest BCUT2D eigenvalue weighted by molar-refractivity contribution is 0.0755. The van der Waals surface area contributed by atoms with E-state index in [4.69, 9.17) is 4.74 Å². The molecule has 0 spiro atoms. The Bertz CT molecular complexity index is 663. The average molecular weight is 368 g/mol. The second-order valence-electron chi connectivity index (χ2n) is 6.31. The predicted octanol–water partition coefficient (Wildman–Crippen LogP) is 2.41. The Balaban J connectivity index is 2.11. The van der Waals surface area contributed by atoms with Gasteiger partial charge in [0.2, 0.25) is 10.0 Å². The summed E-state index contributed by atoms with van der Waals surface area (Å²) in [6.45, 7) is 6.32. The minimum atomic E-state index is -3.65. The van der Waals surface area contributed by atoms with E-state index in [1.807, 2.05) is 13.8 Å². The van der Waals surface area contributed by atoms with E-state index in [-0.39, 0.29) is 23.5 Å². The van der Waals surface area contributed by atoms with E-state index >= 15 is 0 Å². The highest BCUT2D eigenvalue weighted by Crippen LogP contribution is 2.16. The van der Waals surface area contributed by atoms with Crippen LogP contribution in [0.25, 0.3) is 0 Å². The van der Waals surface area contributed by atoms with Gasteiger partial charge in [-0.05, 0) is 43.9 Å². The molecule has 7 heteroatoms. The van der Waals surface area contributed by atoms with Gasteiger partial charge in [0.25, 0.3) is 5.91 Å². The maximum atomic E-state index is 12.7. The third-order valence-corrected chi connectivity index (χ3v) is 5.61. The quantitative estimate of drug-likeness (QED) is 0.726. The van der Waals surface area contributed by atoms with E-state index in [1.54, 1.807) is 17.0 Å². The molecule has 0 radical (unpaired) electrons. The standard InChI is InChI=1S/C18H28N2O4S/c1-3-10-20(11-4-2)18(21)15-7-5-9-17(13-15)25(22,23)19-14-16-8-6-12-24-16/h5,7,9,13,16,19H,3-4,6,8,10-12,14H2,1-2H3. The third kappa shape index (κ3) is 5.52. The Hall–Kier alpha value is -1.44. The monoisotopic (exact) mass is 368 g/mol. The van der Waals surface area contributed by atoms with E-state index in [0.29, 0.717) is 25.3 Å². The maximum Gasteiger partial charge on any atom is 0.253 e. The van der Waals surface area contributed by atoms with Crippen LogP contribution in [0.15, 0.2) is 29.2 Å². The summed E-state index contributed by atoms with van der Waals surface area (Å²) in [4.78, 5) is 14.5. The van der Waals surface area contributed by atoms with Crippen LogP contribution in [-0.2, 0) is 14.8 Å². The number of carbonyl (C=O) groups excluding carboxylic acids is 1. The number of hydrogen-bond donors (Lipinski definition) is 1. The van der Waals surface area contributed by atoms with Crippen LogP contribution in [0.2, 0.25) is 0 Å². The normalized spacial score (nSPS) is 17.6. The Labute approximate surface area is 150 Å². The van der Waals surface area contributed by atoms with Crippen LogP contribution >= 0.6 is 0 Å². The van der Waals surface area contributed by atoms with Crippen LogP contribution in [0.1, 0.15) is 49.9 Å². The van der Waals surface area contributed by atoms with E-state index in [1.165, 1.54) is 12.1 Å². The minimum Gasteiger partial charge on any atom is -0.377 e. The molecule has 1 amide bonds. The lowest BCUT2D eigenvalue weighted by Gasteiger charge is -2.21. The molecule has 1 aromatic rings. The Morgan fingerprint density at radius 1 is 1.28 bits per heavy atom. The van der Waals surface area contributed by atoms with Gasteiger partial charge in [0, 0.05) is 31.8 Å². The van der Waals surface area contributed by atoms with Crippen molar-refractivity contribution in [2.45, 2.75) is 50.5 Å². The average Bonchev–Trinajstić information content (AvgIpc) is 3.13. The summed E-state index contributed by atoms with van der Waals surface area (Å²) < 4.78 is 33.0. The van der Waals surface area contributed by atoms with Crippen molar-refractivity contribution in [2.24, 2.45) is 0 Å². The second-order valence-corrected chi connectivity index (χ2v) is 8.07. The molecule has 2 rings (SSSR count). The summed E-state index contributed by atoms with van der Waals surface area (Å²) in [7, 11) is -3.65. The van der Waals surface area contributed by atoms with Crippen molar-refractivity contribution < 1.29 is 17.9 Å². The van der Waals surface area contributed by atoms with Crippen LogP contribution < -0.4 is 4.72 Å². The van der Waals surface area contributed by atoms with Gasteiger partial charge < -0.3 is 9.64 Å². The van der Waals surface area contributed by atoms with Crippen molar-refractivity contribution in [3.63, 3.8) is 0 Å². The molecule has 1 aliphatic heterocycles. The molecule has 140 valence electrons. The third-order valence-electron chi connectivity index (χ3n) is 4.19. The molecule has 1 fully saturated rings. The van der Waals surface area contributed by atoms with E-state index < -0.39 is 10.0 Å². The molecular weight excluding hydrogens is 340 g/mol. The first-order valence-electron chi connectivity index (χ1n) is 8.98. The van der Waals surface area contributed by atoms with Crippen molar-refractivity contribution >= 4 is 15.9 Å². The predicted molar refractivity (Wildman–Crippen MR) is 97.1 cm³/mol. The molecule has 1 atom stereocenters. The molecule has 1 aromatic carbocycles. The molecule has 25 heavy (non-hydrogen) atoms. The van der Waals surface area contributed by atoms with Gasteiger partial charge >= 0.3 is 0 Å². The lowest BCUT2D eigenvalue weighted by atomic mass is 10.2. The number of nitrogens with one attached hydrogen (secondary N) is 1. The molecule has 1 unspecified atom stereocenters. The van der Waals surface area contributed by atoms with Gasteiger partial charge in [-0.2, -0.15) is 0 Å². The molecule has 1 heterocycles. The zero-order valence-electron chi connectivity index (χ0n) is 15.0. The molecule has 0 aromatic heterocycles. The molecule has 0 saturated carbocycles. The summed E-state index contributed by atoms with van der Waals surface area (Å²) in [6, 6.07) is 6.25. The van der Waals surface area contributed by atoms with Crippen molar-refractivity contribution in [2.75, 3.05) is 26.2 Å². The number of hydrogen-bond acceptors (Lipinski definition) is 4. The fraction of sp³-hybridized carbons (Fsp3) is 0.611. The van der Waals surface area contributed by atoms with Crippen LogP contribution in [0.4, 0.5) is 0 Å².